The quantitative estimate of drug-likeness (QED) is 0.547. The average molecular weight is 287 g/mol. The number of hydrogen-bond acceptors (Lipinski definition) is 1. The predicted octanol–water partition coefficient (Wildman–Crippen LogP) is 6.11. The Labute approximate surface area is 132 Å². The smallest absolute Gasteiger partial charge is 0.0493 e. The first kappa shape index (κ1) is 14.4. The molecule has 0 aliphatic carbocycles. The van der Waals surface area contributed by atoms with Crippen molar-refractivity contribution >= 4 is 17.1 Å². The van der Waals surface area contributed by atoms with Gasteiger partial charge in [-0.25, -0.2) is 0 Å². The van der Waals surface area contributed by atoms with Gasteiger partial charge in [0.2, 0.25) is 0 Å². The summed E-state index contributed by atoms with van der Waals surface area (Å²) in [6, 6.07) is 29.8. The van der Waals surface area contributed by atoms with Gasteiger partial charge in [-0.1, -0.05) is 67.9 Å². The number of benzene rings is 3. The fourth-order valence-corrected chi connectivity index (χ4v) is 2.79. The third-order valence-electron chi connectivity index (χ3n) is 3.78. The highest BCUT2D eigenvalue weighted by Crippen LogP contribution is 2.36. The first-order chi connectivity index (χ1) is 10.9. The minimum Gasteiger partial charge on any atom is -0.310 e. The van der Waals surface area contributed by atoms with Crippen LogP contribution in [0.1, 0.15) is 18.9 Å². The molecule has 0 atom stereocenters. The van der Waals surface area contributed by atoms with Crippen molar-refractivity contribution in [3.8, 4) is 0 Å². The summed E-state index contributed by atoms with van der Waals surface area (Å²) < 4.78 is 0. The second kappa shape index (κ2) is 6.95. The van der Waals surface area contributed by atoms with E-state index >= 15 is 0 Å². The van der Waals surface area contributed by atoms with Crippen LogP contribution in [-0.2, 0) is 6.42 Å². The molecule has 0 aliphatic heterocycles. The highest BCUT2D eigenvalue weighted by Gasteiger charge is 2.14. The lowest BCUT2D eigenvalue weighted by Gasteiger charge is -2.27. The number of hydrogen-bond donors (Lipinski definition) is 0. The molecule has 0 aliphatic rings. The Morgan fingerprint density at radius 1 is 0.636 bits per heavy atom. The van der Waals surface area contributed by atoms with Gasteiger partial charge in [0, 0.05) is 17.1 Å². The Hall–Kier alpha value is -2.54. The van der Waals surface area contributed by atoms with Crippen LogP contribution in [0.4, 0.5) is 17.1 Å². The molecule has 0 saturated carbocycles. The number of nitrogens with zero attached hydrogens (tertiary/aromatic N) is 1. The van der Waals surface area contributed by atoms with Crippen LogP contribution in [0.15, 0.2) is 84.9 Å². The number of para-hydroxylation sites is 3. The molecule has 3 aromatic carbocycles. The maximum atomic E-state index is 2.34. The van der Waals surface area contributed by atoms with Gasteiger partial charge in [-0.3, -0.25) is 0 Å². The van der Waals surface area contributed by atoms with Crippen LogP contribution < -0.4 is 4.90 Å². The molecule has 0 amide bonds. The van der Waals surface area contributed by atoms with Crippen molar-refractivity contribution in [3.63, 3.8) is 0 Å². The van der Waals surface area contributed by atoms with Gasteiger partial charge in [-0.15, -0.1) is 0 Å². The first-order valence-electron chi connectivity index (χ1n) is 7.88. The van der Waals surface area contributed by atoms with Gasteiger partial charge >= 0.3 is 0 Å². The van der Waals surface area contributed by atoms with E-state index in [2.05, 4.69) is 96.8 Å². The minimum atomic E-state index is 1.09. The molecule has 0 aromatic heterocycles. The van der Waals surface area contributed by atoms with Crippen molar-refractivity contribution < 1.29 is 0 Å². The van der Waals surface area contributed by atoms with Crippen molar-refractivity contribution in [2.45, 2.75) is 19.8 Å². The molecule has 0 bridgehead atoms. The molecule has 0 spiro atoms. The molecule has 0 fully saturated rings. The zero-order valence-corrected chi connectivity index (χ0v) is 12.9. The zero-order chi connectivity index (χ0) is 15.2. The molecule has 0 radical (unpaired) electrons. The van der Waals surface area contributed by atoms with Crippen LogP contribution in [0, 0.1) is 0 Å². The molecule has 1 nitrogen and oxygen atoms in total. The molecule has 0 N–H and O–H groups in total. The Bertz CT molecular complexity index is 665. The van der Waals surface area contributed by atoms with Gasteiger partial charge in [0.15, 0.2) is 0 Å². The van der Waals surface area contributed by atoms with Gasteiger partial charge in [0.25, 0.3) is 0 Å². The van der Waals surface area contributed by atoms with Crippen LogP contribution in [-0.4, -0.2) is 0 Å². The van der Waals surface area contributed by atoms with Crippen LogP contribution in [0.2, 0.25) is 0 Å². The molecule has 0 unspecified atom stereocenters. The standard InChI is InChI=1S/C21H21N/c1-2-11-18-12-9-10-17-21(18)22(19-13-5-3-6-14-19)20-15-7-4-8-16-20/h3-10,12-17H,2,11H2,1H3. The summed E-state index contributed by atoms with van der Waals surface area (Å²) in [5.41, 5.74) is 5.04. The first-order valence-corrected chi connectivity index (χ1v) is 7.88. The van der Waals surface area contributed by atoms with Crippen LogP contribution >= 0.6 is 0 Å². The van der Waals surface area contributed by atoms with E-state index in [1.807, 2.05) is 0 Å². The summed E-state index contributed by atoms with van der Waals surface area (Å²) in [7, 11) is 0. The maximum absolute atomic E-state index is 2.34. The minimum absolute atomic E-state index is 1.09. The maximum Gasteiger partial charge on any atom is 0.0493 e. The summed E-state index contributed by atoms with van der Waals surface area (Å²) in [5.74, 6) is 0. The van der Waals surface area contributed by atoms with E-state index in [9.17, 15) is 0 Å². The van der Waals surface area contributed by atoms with E-state index < -0.39 is 0 Å². The third kappa shape index (κ3) is 3.04. The predicted molar refractivity (Wildman–Crippen MR) is 95.1 cm³/mol. The van der Waals surface area contributed by atoms with E-state index in [4.69, 9.17) is 0 Å². The van der Waals surface area contributed by atoms with E-state index in [-0.39, 0.29) is 0 Å². The molecule has 110 valence electrons. The lowest BCUT2D eigenvalue weighted by atomic mass is 10.1. The van der Waals surface area contributed by atoms with Gasteiger partial charge in [-0.05, 0) is 42.3 Å². The second-order valence-electron chi connectivity index (χ2n) is 5.39. The molecular formula is C21H21N. The lowest BCUT2D eigenvalue weighted by Crippen LogP contribution is -2.11. The molecule has 3 rings (SSSR count). The van der Waals surface area contributed by atoms with Crippen molar-refractivity contribution in [1.82, 2.24) is 0 Å². The highest BCUT2D eigenvalue weighted by atomic mass is 15.1. The average Bonchev–Trinajstić information content (AvgIpc) is 2.59. The van der Waals surface area contributed by atoms with Gasteiger partial charge in [0.05, 0.1) is 0 Å². The molecule has 1 heteroatoms. The SMILES string of the molecule is CCCc1ccccc1N(c1ccccc1)c1ccccc1. The van der Waals surface area contributed by atoms with Gasteiger partial charge in [-0.2, -0.15) is 0 Å². The Morgan fingerprint density at radius 2 is 1.14 bits per heavy atom. The van der Waals surface area contributed by atoms with Crippen LogP contribution in [0.5, 0.6) is 0 Å². The fourth-order valence-electron chi connectivity index (χ4n) is 2.79. The zero-order valence-electron chi connectivity index (χ0n) is 12.9. The monoisotopic (exact) mass is 287 g/mol. The summed E-state index contributed by atoms with van der Waals surface area (Å²) in [5, 5.41) is 0. The van der Waals surface area contributed by atoms with Crippen molar-refractivity contribution in [2.24, 2.45) is 0 Å². The normalized spacial score (nSPS) is 10.4. The van der Waals surface area contributed by atoms with Gasteiger partial charge < -0.3 is 4.90 Å². The number of rotatable bonds is 5. The van der Waals surface area contributed by atoms with Crippen molar-refractivity contribution in [2.75, 3.05) is 4.90 Å². The summed E-state index contributed by atoms with van der Waals surface area (Å²) >= 11 is 0. The summed E-state index contributed by atoms with van der Waals surface area (Å²) in [4.78, 5) is 2.34. The summed E-state index contributed by atoms with van der Waals surface area (Å²) in [6.45, 7) is 2.23. The Morgan fingerprint density at radius 3 is 1.68 bits per heavy atom. The third-order valence-corrected chi connectivity index (χ3v) is 3.78. The highest BCUT2D eigenvalue weighted by molar-refractivity contribution is 5.78. The topological polar surface area (TPSA) is 3.24 Å². The number of anilines is 3. The van der Waals surface area contributed by atoms with E-state index in [1.54, 1.807) is 0 Å². The molecule has 3 aromatic rings. The Balaban J connectivity index is 2.15. The second-order valence-corrected chi connectivity index (χ2v) is 5.39. The largest absolute Gasteiger partial charge is 0.310 e. The lowest BCUT2D eigenvalue weighted by molar-refractivity contribution is 0.919. The van der Waals surface area contributed by atoms with E-state index in [0.29, 0.717) is 0 Å². The molecular weight excluding hydrogens is 266 g/mol. The summed E-state index contributed by atoms with van der Waals surface area (Å²) in [6.07, 6.45) is 2.24. The van der Waals surface area contributed by atoms with Crippen LogP contribution in [0.25, 0.3) is 0 Å². The van der Waals surface area contributed by atoms with E-state index in [0.717, 1.165) is 12.8 Å². The van der Waals surface area contributed by atoms with Crippen molar-refractivity contribution in [1.29, 1.82) is 0 Å². The van der Waals surface area contributed by atoms with Crippen LogP contribution in [0.3, 0.4) is 0 Å². The molecule has 22 heavy (non-hydrogen) atoms. The number of aryl methyl sites for hydroxylation is 1. The van der Waals surface area contributed by atoms with Crippen molar-refractivity contribution in [3.05, 3.63) is 90.5 Å². The van der Waals surface area contributed by atoms with E-state index in [1.165, 1.54) is 22.6 Å². The fraction of sp³-hybridized carbons (Fsp3) is 0.143. The van der Waals surface area contributed by atoms with Gasteiger partial charge in [0.1, 0.15) is 0 Å². The Kier molecular flexibility index (Phi) is 4.55. The molecule has 0 heterocycles. The molecule has 0 saturated heterocycles.